The maximum atomic E-state index is 12.2. The van der Waals surface area contributed by atoms with E-state index in [4.69, 9.17) is 39.5 Å². The number of nitrogens with zero attached hydrogens (tertiary/aromatic N) is 1. The number of hydrogen-bond acceptors (Lipinski definition) is 4. The third-order valence-electron chi connectivity index (χ3n) is 3.07. The minimum absolute atomic E-state index is 0.432. The zero-order valence-electron chi connectivity index (χ0n) is 12.6. The number of thiazole rings is 1. The van der Waals surface area contributed by atoms with Gasteiger partial charge < -0.3 is 4.74 Å². The van der Waals surface area contributed by atoms with E-state index < -0.39 is 16.1 Å². The number of benzene rings is 2. The lowest BCUT2D eigenvalue weighted by Gasteiger charge is -2.26. The van der Waals surface area contributed by atoms with Gasteiger partial charge in [-0.1, -0.05) is 76.5 Å². The summed E-state index contributed by atoms with van der Waals surface area (Å²) in [5.41, 5.74) is 0.793. The van der Waals surface area contributed by atoms with E-state index in [0.717, 1.165) is 10.2 Å². The second kappa shape index (κ2) is 7.66. The van der Waals surface area contributed by atoms with Gasteiger partial charge >= 0.3 is 6.03 Å². The summed E-state index contributed by atoms with van der Waals surface area (Å²) in [5, 5.41) is 5.55. The molecule has 0 unspecified atom stereocenters. The Morgan fingerprint density at radius 3 is 2.44 bits per heavy atom. The number of halogens is 3. The smallest absolute Gasteiger partial charge is 0.323 e. The van der Waals surface area contributed by atoms with Gasteiger partial charge in [-0.25, -0.2) is 9.78 Å². The summed E-state index contributed by atoms with van der Waals surface area (Å²) in [6.07, 6.45) is -1.19. The highest BCUT2D eigenvalue weighted by molar-refractivity contribution is 7.22. The molecule has 9 heteroatoms. The van der Waals surface area contributed by atoms with Crippen molar-refractivity contribution in [3.8, 4) is 5.75 Å². The Bertz CT molecular complexity index is 835. The van der Waals surface area contributed by atoms with Crippen LogP contribution in [0.15, 0.2) is 54.6 Å². The molecule has 0 saturated carbocycles. The van der Waals surface area contributed by atoms with Crippen molar-refractivity contribution < 1.29 is 9.53 Å². The van der Waals surface area contributed by atoms with Gasteiger partial charge in [0.05, 0.1) is 10.2 Å². The molecule has 0 aliphatic rings. The second-order valence-electron chi connectivity index (χ2n) is 4.94. The predicted octanol–water partition coefficient (Wildman–Crippen LogP) is 5.19. The number of nitrogens with one attached hydrogen (secondary N) is 2. The molecule has 0 spiro atoms. The van der Waals surface area contributed by atoms with Crippen LogP contribution >= 0.6 is 46.1 Å². The third-order valence-corrected chi connectivity index (χ3v) is 4.62. The molecule has 1 aromatic heterocycles. The number of carbonyl (C=O) groups excluding carboxylic acids is 1. The SMILES string of the molecule is O=C(Nc1nc2ccccc2s1)N[C@H](Oc1ccccc1)C(Cl)(Cl)Cl. The normalized spacial score (nSPS) is 12.6. The fourth-order valence-electron chi connectivity index (χ4n) is 1.99. The van der Waals surface area contributed by atoms with Crippen LogP contribution in [0.4, 0.5) is 9.93 Å². The topological polar surface area (TPSA) is 63.2 Å². The van der Waals surface area contributed by atoms with Gasteiger partial charge in [-0.15, -0.1) is 0 Å². The molecule has 3 aromatic rings. The van der Waals surface area contributed by atoms with Gasteiger partial charge in [-0.3, -0.25) is 10.6 Å². The van der Waals surface area contributed by atoms with Gasteiger partial charge in [0.25, 0.3) is 0 Å². The first-order chi connectivity index (χ1) is 11.9. The van der Waals surface area contributed by atoms with E-state index >= 15 is 0 Å². The van der Waals surface area contributed by atoms with E-state index in [9.17, 15) is 4.79 Å². The molecule has 0 aliphatic carbocycles. The Balaban J connectivity index is 1.69. The Labute approximate surface area is 162 Å². The molecule has 2 aromatic carbocycles. The first-order valence-electron chi connectivity index (χ1n) is 7.13. The fraction of sp³-hybridized carbons (Fsp3) is 0.125. The number of rotatable bonds is 4. The summed E-state index contributed by atoms with van der Waals surface area (Å²) in [5.74, 6) is 0.458. The highest BCUT2D eigenvalue weighted by atomic mass is 35.6. The van der Waals surface area contributed by atoms with Crippen molar-refractivity contribution in [1.29, 1.82) is 0 Å². The number of amides is 2. The molecule has 0 radical (unpaired) electrons. The van der Waals surface area contributed by atoms with E-state index in [-0.39, 0.29) is 0 Å². The van der Waals surface area contributed by atoms with Gasteiger partial charge in [0, 0.05) is 0 Å². The second-order valence-corrected chi connectivity index (χ2v) is 8.34. The molecule has 3 rings (SSSR count). The number of alkyl halides is 3. The Morgan fingerprint density at radius 2 is 1.76 bits per heavy atom. The summed E-state index contributed by atoms with van der Waals surface area (Å²) in [7, 11) is 0. The number of hydrogen-bond donors (Lipinski definition) is 2. The standard InChI is InChI=1S/C16H12Cl3N3O2S/c17-16(18,19)13(24-10-6-2-1-3-7-10)21-14(23)22-15-20-11-8-4-5-9-12(11)25-15/h1-9,13H,(H2,20,21,22,23)/t13-/m1/s1. The van der Waals surface area contributed by atoms with Crippen molar-refractivity contribution in [1.82, 2.24) is 10.3 Å². The summed E-state index contributed by atoms with van der Waals surface area (Å²) in [4.78, 5) is 16.5. The average Bonchev–Trinajstić information content (AvgIpc) is 2.96. The van der Waals surface area contributed by atoms with Crippen LogP contribution in [0.25, 0.3) is 10.2 Å². The van der Waals surface area contributed by atoms with Gasteiger partial charge in [-0.2, -0.15) is 0 Å². The molecule has 0 saturated heterocycles. The molecule has 2 amide bonds. The number of carbonyl (C=O) groups is 1. The monoisotopic (exact) mass is 415 g/mol. The minimum Gasteiger partial charge on any atom is -0.466 e. The van der Waals surface area contributed by atoms with Crippen molar-refractivity contribution >= 4 is 67.5 Å². The van der Waals surface area contributed by atoms with Gasteiger partial charge in [0.1, 0.15) is 5.75 Å². The van der Waals surface area contributed by atoms with Crippen molar-refractivity contribution in [3.63, 3.8) is 0 Å². The fourth-order valence-corrected chi connectivity index (χ4v) is 3.15. The molecule has 25 heavy (non-hydrogen) atoms. The lowest BCUT2D eigenvalue weighted by atomic mass is 10.3. The molecule has 0 aliphatic heterocycles. The van der Waals surface area contributed by atoms with Crippen LogP contribution in [-0.2, 0) is 0 Å². The predicted molar refractivity (Wildman–Crippen MR) is 103 cm³/mol. The largest absolute Gasteiger partial charge is 0.466 e. The summed E-state index contributed by atoms with van der Waals surface area (Å²) >= 11 is 19.1. The Hall–Kier alpha value is -1.73. The number of urea groups is 1. The first kappa shape index (κ1) is 18.1. The first-order valence-corrected chi connectivity index (χ1v) is 9.08. The van der Waals surface area contributed by atoms with Gasteiger partial charge in [-0.05, 0) is 24.3 Å². The zero-order valence-corrected chi connectivity index (χ0v) is 15.7. The third kappa shape index (κ3) is 4.89. The molecule has 1 heterocycles. The van der Waals surface area contributed by atoms with Crippen molar-refractivity contribution in [2.45, 2.75) is 10.0 Å². The molecule has 0 bridgehead atoms. The number of fused-ring (bicyclic) bond motifs is 1. The van der Waals surface area contributed by atoms with E-state index in [0.29, 0.717) is 10.9 Å². The molecular formula is C16H12Cl3N3O2S. The zero-order chi connectivity index (χ0) is 17.9. The van der Waals surface area contributed by atoms with Gasteiger partial charge in [0.15, 0.2) is 5.13 Å². The Kier molecular flexibility index (Phi) is 5.54. The molecule has 2 N–H and O–H groups in total. The van der Waals surface area contributed by atoms with E-state index in [2.05, 4.69) is 15.6 Å². The molecular weight excluding hydrogens is 405 g/mol. The quantitative estimate of drug-likeness (QED) is 0.454. The van der Waals surface area contributed by atoms with Crippen LogP contribution < -0.4 is 15.4 Å². The van der Waals surface area contributed by atoms with Crippen LogP contribution in [0.3, 0.4) is 0 Å². The molecule has 1 atom stereocenters. The number of aromatic nitrogens is 1. The van der Waals surface area contributed by atoms with Gasteiger partial charge in [0.2, 0.25) is 10.0 Å². The maximum Gasteiger partial charge on any atom is 0.323 e. The summed E-state index contributed by atoms with van der Waals surface area (Å²) in [6.45, 7) is 0. The lowest BCUT2D eigenvalue weighted by molar-refractivity contribution is 0.170. The van der Waals surface area contributed by atoms with Crippen LogP contribution in [0.5, 0.6) is 5.75 Å². The maximum absolute atomic E-state index is 12.2. The average molecular weight is 417 g/mol. The van der Waals surface area contributed by atoms with Crippen LogP contribution in [-0.4, -0.2) is 21.0 Å². The Morgan fingerprint density at radius 1 is 1.08 bits per heavy atom. The molecule has 130 valence electrons. The minimum atomic E-state index is -1.86. The molecule has 0 fully saturated rings. The van der Waals surface area contributed by atoms with Crippen LogP contribution in [0, 0.1) is 0 Å². The van der Waals surface area contributed by atoms with Crippen LogP contribution in [0.2, 0.25) is 0 Å². The highest BCUT2D eigenvalue weighted by Gasteiger charge is 2.36. The highest BCUT2D eigenvalue weighted by Crippen LogP contribution is 2.32. The summed E-state index contributed by atoms with van der Waals surface area (Å²) in [6, 6.07) is 15.7. The number of anilines is 1. The number of ether oxygens (including phenoxy) is 1. The van der Waals surface area contributed by atoms with Crippen LogP contribution in [0.1, 0.15) is 0 Å². The van der Waals surface area contributed by atoms with Crippen molar-refractivity contribution in [2.24, 2.45) is 0 Å². The van der Waals surface area contributed by atoms with E-state index in [1.807, 2.05) is 30.3 Å². The van der Waals surface area contributed by atoms with E-state index in [1.165, 1.54) is 11.3 Å². The van der Waals surface area contributed by atoms with Crippen molar-refractivity contribution in [3.05, 3.63) is 54.6 Å². The van der Waals surface area contributed by atoms with Crippen molar-refractivity contribution in [2.75, 3.05) is 5.32 Å². The summed E-state index contributed by atoms with van der Waals surface area (Å²) < 4.78 is 4.66. The molecule has 5 nitrogen and oxygen atoms in total. The lowest BCUT2D eigenvalue weighted by Crippen LogP contribution is -2.49. The number of para-hydroxylation sites is 2. The van der Waals surface area contributed by atoms with E-state index in [1.54, 1.807) is 24.3 Å².